The Hall–Kier alpha value is -3.03. The summed E-state index contributed by atoms with van der Waals surface area (Å²) in [7, 11) is 1.60. The summed E-state index contributed by atoms with van der Waals surface area (Å²) in [6.07, 6.45) is 5.36. The fourth-order valence-electron chi connectivity index (χ4n) is 3.34. The van der Waals surface area contributed by atoms with Gasteiger partial charge in [0, 0.05) is 29.6 Å². The highest BCUT2D eigenvalue weighted by atomic mass is 35.5. The summed E-state index contributed by atoms with van der Waals surface area (Å²) in [6, 6.07) is 15.2. The zero-order valence-corrected chi connectivity index (χ0v) is 18.0. The molecule has 0 fully saturated rings. The van der Waals surface area contributed by atoms with E-state index in [2.05, 4.69) is 25.3 Å². The van der Waals surface area contributed by atoms with Crippen LogP contribution in [-0.4, -0.2) is 33.8 Å². The van der Waals surface area contributed by atoms with Gasteiger partial charge in [-0.15, -0.1) is 0 Å². The highest BCUT2D eigenvalue weighted by Gasteiger charge is 2.15. The molecule has 3 heterocycles. The molecular weight excluding hydrogens is 420 g/mol. The van der Waals surface area contributed by atoms with Crippen LogP contribution >= 0.6 is 23.5 Å². The van der Waals surface area contributed by atoms with Crippen molar-refractivity contribution in [2.75, 3.05) is 13.4 Å². The molecule has 1 amide bonds. The van der Waals surface area contributed by atoms with E-state index in [1.807, 2.05) is 42.6 Å². The minimum absolute atomic E-state index is 0.220. The van der Waals surface area contributed by atoms with E-state index in [9.17, 15) is 4.79 Å². The Morgan fingerprint density at radius 3 is 2.83 bits per heavy atom. The van der Waals surface area contributed by atoms with Gasteiger partial charge in [0.25, 0.3) is 5.91 Å². The molecule has 0 aliphatic carbocycles. The Bertz CT molecular complexity index is 1210. The number of aromatic nitrogens is 3. The SMILES string of the molecule is COc1cc2cc(-c3cccnc3)n(Cc3cccc(C(=O)NSC)n3)c2cc1Cl. The molecule has 0 aliphatic rings. The highest BCUT2D eigenvalue weighted by molar-refractivity contribution is 7.97. The zero-order valence-electron chi connectivity index (χ0n) is 16.4. The van der Waals surface area contributed by atoms with Crippen molar-refractivity contribution in [1.82, 2.24) is 19.3 Å². The van der Waals surface area contributed by atoms with Crippen LogP contribution in [0.3, 0.4) is 0 Å². The zero-order chi connectivity index (χ0) is 21.1. The molecule has 0 bridgehead atoms. The molecule has 0 radical (unpaired) electrons. The van der Waals surface area contributed by atoms with Crippen molar-refractivity contribution in [3.8, 4) is 17.0 Å². The highest BCUT2D eigenvalue weighted by Crippen LogP contribution is 2.35. The lowest BCUT2D eigenvalue weighted by atomic mass is 10.2. The number of fused-ring (bicyclic) bond motifs is 1. The molecular formula is C22H19ClN4O2S. The van der Waals surface area contributed by atoms with Crippen molar-refractivity contribution in [2.45, 2.75) is 6.54 Å². The number of hydrogen-bond donors (Lipinski definition) is 1. The van der Waals surface area contributed by atoms with Crippen LogP contribution in [0.25, 0.3) is 22.2 Å². The summed E-state index contributed by atoms with van der Waals surface area (Å²) in [6.45, 7) is 0.469. The molecule has 0 spiro atoms. The topological polar surface area (TPSA) is 69.0 Å². The molecule has 3 aromatic heterocycles. The first kappa shape index (κ1) is 20.3. The molecule has 0 aliphatic heterocycles. The quantitative estimate of drug-likeness (QED) is 0.437. The number of amides is 1. The van der Waals surface area contributed by atoms with Gasteiger partial charge in [0.2, 0.25) is 0 Å². The first-order chi connectivity index (χ1) is 14.6. The van der Waals surface area contributed by atoms with E-state index >= 15 is 0 Å². The Kier molecular flexibility index (Phi) is 5.92. The Morgan fingerprint density at radius 1 is 1.23 bits per heavy atom. The van der Waals surface area contributed by atoms with Crippen LogP contribution in [0.1, 0.15) is 16.2 Å². The van der Waals surface area contributed by atoms with Gasteiger partial charge in [0.15, 0.2) is 0 Å². The van der Waals surface area contributed by atoms with Crippen LogP contribution in [0.15, 0.2) is 60.9 Å². The largest absolute Gasteiger partial charge is 0.495 e. The predicted molar refractivity (Wildman–Crippen MR) is 121 cm³/mol. The Labute approximate surface area is 183 Å². The fraction of sp³-hybridized carbons (Fsp3) is 0.136. The molecule has 1 aromatic carbocycles. The molecule has 0 unspecified atom stereocenters. The lowest BCUT2D eigenvalue weighted by Gasteiger charge is -2.12. The number of pyridine rings is 2. The van der Waals surface area contributed by atoms with E-state index in [1.54, 1.807) is 25.6 Å². The lowest BCUT2D eigenvalue weighted by Crippen LogP contribution is -2.17. The molecule has 152 valence electrons. The number of benzene rings is 1. The van der Waals surface area contributed by atoms with Gasteiger partial charge in [-0.1, -0.05) is 29.6 Å². The third kappa shape index (κ3) is 3.99. The van der Waals surface area contributed by atoms with Crippen molar-refractivity contribution in [3.63, 3.8) is 0 Å². The minimum Gasteiger partial charge on any atom is -0.495 e. The lowest BCUT2D eigenvalue weighted by molar-refractivity contribution is 0.0979. The normalized spacial score (nSPS) is 10.9. The van der Waals surface area contributed by atoms with Crippen LogP contribution in [0.4, 0.5) is 0 Å². The molecule has 4 rings (SSSR count). The minimum atomic E-state index is -0.220. The van der Waals surface area contributed by atoms with Gasteiger partial charge in [0.05, 0.1) is 35.6 Å². The Balaban J connectivity index is 1.84. The number of nitrogens with one attached hydrogen (secondary N) is 1. The second kappa shape index (κ2) is 8.77. The predicted octanol–water partition coefficient (Wildman–Crippen LogP) is 4.82. The maximum Gasteiger partial charge on any atom is 0.279 e. The van der Waals surface area contributed by atoms with E-state index < -0.39 is 0 Å². The monoisotopic (exact) mass is 438 g/mol. The number of nitrogens with zero attached hydrogens (tertiary/aromatic N) is 3. The van der Waals surface area contributed by atoms with Gasteiger partial charge < -0.3 is 9.30 Å². The second-order valence-corrected chi connectivity index (χ2v) is 7.57. The average molecular weight is 439 g/mol. The van der Waals surface area contributed by atoms with Crippen molar-refractivity contribution < 1.29 is 9.53 Å². The number of rotatable bonds is 6. The van der Waals surface area contributed by atoms with Gasteiger partial charge in [0.1, 0.15) is 11.4 Å². The number of carbonyl (C=O) groups is 1. The van der Waals surface area contributed by atoms with Gasteiger partial charge in [-0.25, -0.2) is 4.98 Å². The van der Waals surface area contributed by atoms with Crippen LogP contribution < -0.4 is 9.46 Å². The van der Waals surface area contributed by atoms with Crippen molar-refractivity contribution in [3.05, 3.63) is 77.3 Å². The van der Waals surface area contributed by atoms with E-state index in [4.69, 9.17) is 16.3 Å². The van der Waals surface area contributed by atoms with Crippen molar-refractivity contribution >= 4 is 40.4 Å². The number of methoxy groups -OCH3 is 1. The summed E-state index contributed by atoms with van der Waals surface area (Å²) in [4.78, 5) is 21.0. The van der Waals surface area contributed by atoms with E-state index in [-0.39, 0.29) is 5.91 Å². The van der Waals surface area contributed by atoms with Gasteiger partial charge in [-0.3, -0.25) is 14.5 Å². The number of hydrogen-bond acceptors (Lipinski definition) is 5. The van der Waals surface area contributed by atoms with Gasteiger partial charge in [-0.2, -0.15) is 0 Å². The third-order valence-electron chi connectivity index (χ3n) is 4.69. The van der Waals surface area contributed by atoms with Crippen LogP contribution in [0.5, 0.6) is 5.75 Å². The van der Waals surface area contributed by atoms with Gasteiger partial charge >= 0.3 is 0 Å². The van der Waals surface area contributed by atoms with E-state index in [0.29, 0.717) is 23.0 Å². The van der Waals surface area contributed by atoms with E-state index in [0.717, 1.165) is 27.9 Å². The molecule has 0 saturated heterocycles. The molecule has 6 nitrogen and oxygen atoms in total. The molecule has 4 aromatic rings. The fourth-order valence-corrected chi connectivity index (χ4v) is 3.87. The average Bonchev–Trinajstić information content (AvgIpc) is 3.11. The number of ether oxygens (including phenoxy) is 1. The van der Waals surface area contributed by atoms with Crippen LogP contribution in [0, 0.1) is 0 Å². The van der Waals surface area contributed by atoms with Gasteiger partial charge in [-0.05, 0) is 42.5 Å². The Morgan fingerprint density at radius 2 is 2.10 bits per heavy atom. The standard InChI is InChI=1S/C22H19ClN4O2S/c1-29-21-10-15-9-19(14-5-4-8-24-12-14)27(20(15)11-17(21)23)13-16-6-3-7-18(25-16)22(28)26-30-2/h3-12H,13H2,1-2H3,(H,26,28). The van der Waals surface area contributed by atoms with Crippen LogP contribution in [0.2, 0.25) is 5.02 Å². The third-order valence-corrected chi connectivity index (χ3v) is 5.37. The first-order valence-corrected chi connectivity index (χ1v) is 10.8. The molecule has 30 heavy (non-hydrogen) atoms. The summed E-state index contributed by atoms with van der Waals surface area (Å²) < 4.78 is 10.2. The number of halogens is 1. The summed E-state index contributed by atoms with van der Waals surface area (Å²) in [5.74, 6) is 0.398. The number of carbonyl (C=O) groups excluding carboxylic acids is 1. The van der Waals surface area contributed by atoms with Crippen LogP contribution in [-0.2, 0) is 6.54 Å². The molecule has 0 atom stereocenters. The first-order valence-electron chi connectivity index (χ1n) is 9.17. The summed E-state index contributed by atoms with van der Waals surface area (Å²) >= 11 is 7.66. The molecule has 0 saturated carbocycles. The summed E-state index contributed by atoms with van der Waals surface area (Å²) in [5, 5.41) is 1.52. The van der Waals surface area contributed by atoms with Crippen molar-refractivity contribution in [2.24, 2.45) is 0 Å². The molecule has 8 heteroatoms. The molecule has 1 N–H and O–H groups in total. The maximum atomic E-state index is 12.2. The maximum absolute atomic E-state index is 12.2. The second-order valence-electron chi connectivity index (χ2n) is 6.55. The summed E-state index contributed by atoms with van der Waals surface area (Å²) in [5.41, 5.74) is 4.03. The van der Waals surface area contributed by atoms with Crippen molar-refractivity contribution in [1.29, 1.82) is 0 Å². The smallest absolute Gasteiger partial charge is 0.279 e. The van der Waals surface area contributed by atoms with E-state index in [1.165, 1.54) is 11.9 Å².